The SMILES string of the molecule is CCC(c1ccc(O)cc1)N1CCC(C(N)=O)C1. The van der Waals surface area contributed by atoms with Gasteiger partial charge in [-0.05, 0) is 37.1 Å². The molecule has 0 aromatic heterocycles. The Hall–Kier alpha value is -1.55. The Morgan fingerprint density at radius 1 is 1.50 bits per heavy atom. The average molecular weight is 248 g/mol. The number of aromatic hydroxyl groups is 1. The van der Waals surface area contributed by atoms with Crippen LogP contribution in [-0.2, 0) is 4.79 Å². The van der Waals surface area contributed by atoms with Gasteiger partial charge in [0.2, 0.25) is 5.91 Å². The molecule has 4 heteroatoms. The lowest BCUT2D eigenvalue weighted by Gasteiger charge is -2.27. The minimum absolute atomic E-state index is 0.0174. The molecule has 18 heavy (non-hydrogen) atoms. The number of likely N-dealkylation sites (tertiary alicyclic amines) is 1. The zero-order valence-corrected chi connectivity index (χ0v) is 10.7. The topological polar surface area (TPSA) is 66.6 Å². The van der Waals surface area contributed by atoms with Crippen molar-refractivity contribution >= 4 is 5.91 Å². The van der Waals surface area contributed by atoms with Gasteiger partial charge in [-0.25, -0.2) is 0 Å². The number of hydrogen-bond donors (Lipinski definition) is 2. The third-order valence-corrected chi connectivity index (χ3v) is 3.73. The van der Waals surface area contributed by atoms with Crippen molar-refractivity contribution in [2.24, 2.45) is 11.7 Å². The monoisotopic (exact) mass is 248 g/mol. The molecule has 1 aromatic rings. The van der Waals surface area contributed by atoms with Crippen molar-refractivity contribution in [3.8, 4) is 5.75 Å². The standard InChI is InChI=1S/C14H20N2O2/c1-2-13(10-3-5-12(17)6-4-10)16-8-7-11(9-16)14(15)18/h3-6,11,13,17H,2,7-9H2,1H3,(H2,15,18). The normalized spacial score (nSPS) is 21.9. The lowest BCUT2D eigenvalue weighted by Crippen LogP contribution is -2.30. The molecule has 1 amide bonds. The predicted molar refractivity (Wildman–Crippen MR) is 70.0 cm³/mol. The molecule has 1 saturated heterocycles. The Bertz CT molecular complexity index is 416. The summed E-state index contributed by atoms with van der Waals surface area (Å²) in [6.45, 7) is 3.79. The van der Waals surface area contributed by atoms with E-state index in [4.69, 9.17) is 5.73 Å². The van der Waals surface area contributed by atoms with Crippen molar-refractivity contribution in [2.45, 2.75) is 25.8 Å². The van der Waals surface area contributed by atoms with Crippen molar-refractivity contribution in [3.63, 3.8) is 0 Å². The number of hydrogen-bond acceptors (Lipinski definition) is 3. The van der Waals surface area contributed by atoms with Crippen LogP contribution in [0.1, 0.15) is 31.4 Å². The first kappa shape index (κ1) is 12.9. The summed E-state index contributed by atoms with van der Waals surface area (Å²) in [5.41, 5.74) is 6.54. The van der Waals surface area contributed by atoms with Crippen LogP contribution in [-0.4, -0.2) is 29.0 Å². The number of phenolic OH excluding ortho intramolecular Hbond substituents is 1. The lowest BCUT2D eigenvalue weighted by atomic mass is 10.0. The Morgan fingerprint density at radius 3 is 2.67 bits per heavy atom. The van der Waals surface area contributed by atoms with E-state index in [9.17, 15) is 9.90 Å². The fourth-order valence-electron chi connectivity index (χ4n) is 2.70. The fraction of sp³-hybridized carbons (Fsp3) is 0.500. The Labute approximate surface area is 107 Å². The number of amides is 1. The third-order valence-electron chi connectivity index (χ3n) is 3.73. The molecule has 4 nitrogen and oxygen atoms in total. The van der Waals surface area contributed by atoms with Gasteiger partial charge < -0.3 is 10.8 Å². The molecule has 3 N–H and O–H groups in total. The van der Waals surface area contributed by atoms with E-state index in [2.05, 4.69) is 11.8 Å². The number of benzene rings is 1. The number of phenols is 1. The summed E-state index contributed by atoms with van der Waals surface area (Å²) in [5.74, 6) is 0.0688. The van der Waals surface area contributed by atoms with Crippen LogP contribution in [0.4, 0.5) is 0 Å². The first-order valence-corrected chi connectivity index (χ1v) is 6.44. The van der Waals surface area contributed by atoms with Crippen molar-refractivity contribution < 1.29 is 9.90 Å². The molecule has 0 saturated carbocycles. The van der Waals surface area contributed by atoms with Crippen LogP contribution in [0.2, 0.25) is 0 Å². The predicted octanol–water partition coefficient (Wildman–Crippen LogP) is 1.65. The third kappa shape index (κ3) is 2.64. The van der Waals surface area contributed by atoms with Crippen molar-refractivity contribution in [2.75, 3.05) is 13.1 Å². The van der Waals surface area contributed by atoms with Crippen LogP contribution in [0.25, 0.3) is 0 Å². The first-order valence-electron chi connectivity index (χ1n) is 6.44. The zero-order valence-electron chi connectivity index (χ0n) is 10.7. The molecular weight excluding hydrogens is 228 g/mol. The van der Waals surface area contributed by atoms with E-state index in [0.717, 1.165) is 25.9 Å². The Balaban J connectivity index is 2.10. The molecule has 1 aromatic carbocycles. The van der Waals surface area contributed by atoms with Gasteiger partial charge in [0.25, 0.3) is 0 Å². The van der Waals surface area contributed by atoms with E-state index < -0.39 is 0 Å². The first-order chi connectivity index (χ1) is 8.61. The fourth-order valence-corrected chi connectivity index (χ4v) is 2.70. The Morgan fingerprint density at radius 2 is 2.17 bits per heavy atom. The molecule has 1 aliphatic heterocycles. The summed E-state index contributed by atoms with van der Waals surface area (Å²) in [4.78, 5) is 13.5. The Kier molecular flexibility index (Phi) is 3.87. The molecule has 2 rings (SSSR count). The summed E-state index contributed by atoms with van der Waals surface area (Å²) in [7, 11) is 0. The van der Waals surface area contributed by atoms with E-state index in [1.807, 2.05) is 12.1 Å². The van der Waals surface area contributed by atoms with Crippen LogP contribution in [0, 0.1) is 5.92 Å². The number of nitrogens with zero attached hydrogens (tertiary/aromatic N) is 1. The highest BCUT2D eigenvalue weighted by atomic mass is 16.3. The summed E-state index contributed by atoms with van der Waals surface area (Å²) >= 11 is 0. The highest BCUT2D eigenvalue weighted by molar-refractivity contribution is 5.77. The molecule has 0 radical (unpaired) electrons. The highest BCUT2D eigenvalue weighted by Crippen LogP contribution is 2.30. The molecule has 1 fully saturated rings. The number of carbonyl (C=O) groups excluding carboxylic acids is 1. The van der Waals surface area contributed by atoms with Crippen LogP contribution < -0.4 is 5.73 Å². The summed E-state index contributed by atoms with van der Waals surface area (Å²) in [6.07, 6.45) is 1.83. The smallest absolute Gasteiger partial charge is 0.221 e. The molecule has 1 aliphatic rings. The molecule has 2 atom stereocenters. The second-order valence-electron chi connectivity index (χ2n) is 4.90. The maximum atomic E-state index is 11.2. The van der Waals surface area contributed by atoms with E-state index in [-0.39, 0.29) is 17.6 Å². The summed E-state index contributed by atoms with van der Waals surface area (Å²) in [6, 6.07) is 7.61. The van der Waals surface area contributed by atoms with Gasteiger partial charge in [-0.1, -0.05) is 19.1 Å². The van der Waals surface area contributed by atoms with Gasteiger partial charge in [0.05, 0.1) is 5.92 Å². The quantitative estimate of drug-likeness (QED) is 0.851. The minimum atomic E-state index is -0.196. The van der Waals surface area contributed by atoms with Crippen LogP contribution in [0.3, 0.4) is 0 Å². The second kappa shape index (κ2) is 5.40. The molecule has 0 aliphatic carbocycles. The molecule has 98 valence electrons. The van der Waals surface area contributed by atoms with Gasteiger partial charge in [-0.15, -0.1) is 0 Å². The van der Waals surface area contributed by atoms with E-state index in [1.165, 1.54) is 5.56 Å². The van der Waals surface area contributed by atoms with E-state index in [1.54, 1.807) is 12.1 Å². The molecule has 0 bridgehead atoms. The number of carbonyl (C=O) groups is 1. The van der Waals surface area contributed by atoms with Gasteiger partial charge in [0, 0.05) is 12.6 Å². The maximum Gasteiger partial charge on any atom is 0.221 e. The highest BCUT2D eigenvalue weighted by Gasteiger charge is 2.30. The van der Waals surface area contributed by atoms with E-state index in [0.29, 0.717) is 6.04 Å². The van der Waals surface area contributed by atoms with Gasteiger partial charge in [0.1, 0.15) is 5.75 Å². The summed E-state index contributed by atoms with van der Waals surface area (Å²) in [5, 5.41) is 9.32. The molecular formula is C14H20N2O2. The van der Waals surface area contributed by atoms with Gasteiger partial charge in [-0.3, -0.25) is 9.69 Å². The second-order valence-corrected chi connectivity index (χ2v) is 4.90. The molecule has 0 spiro atoms. The lowest BCUT2D eigenvalue weighted by molar-refractivity contribution is -0.121. The number of rotatable bonds is 4. The molecule has 1 heterocycles. The zero-order chi connectivity index (χ0) is 13.1. The van der Waals surface area contributed by atoms with Crippen LogP contribution in [0.5, 0.6) is 5.75 Å². The number of primary amides is 1. The van der Waals surface area contributed by atoms with Gasteiger partial charge >= 0.3 is 0 Å². The van der Waals surface area contributed by atoms with E-state index >= 15 is 0 Å². The van der Waals surface area contributed by atoms with Gasteiger partial charge in [0.15, 0.2) is 0 Å². The van der Waals surface area contributed by atoms with Crippen LogP contribution in [0.15, 0.2) is 24.3 Å². The van der Waals surface area contributed by atoms with Crippen molar-refractivity contribution in [1.29, 1.82) is 0 Å². The average Bonchev–Trinajstić information content (AvgIpc) is 2.82. The van der Waals surface area contributed by atoms with Crippen molar-refractivity contribution in [3.05, 3.63) is 29.8 Å². The summed E-state index contributed by atoms with van der Waals surface area (Å²) < 4.78 is 0. The maximum absolute atomic E-state index is 11.2. The van der Waals surface area contributed by atoms with Crippen molar-refractivity contribution in [1.82, 2.24) is 4.90 Å². The molecule has 2 unspecified atom stereocenters. The van der Waals surface area contributed by atoms with Gasteiger partial charge in [-0.2, -0.15) is 0 Å². The minimum Gasteiger partial charge on any atom is -0.508 e. The van der Waals surface area contributed by atoms with Crippen LogP contribution >= 0.6 is 0 Å². The number of nitrogens with two attached hydrogens (primary N) is 1. The largest absolute Gasteiger partial charge is 0.508 e.